The summed E-state index contributed by atoms with van der Waals surface area (Å²) in [4.78, 5) is 0. The Labute approximate surface area is 127 Å². The first-order chi connectivity index (χ1) is 9.83. The summed E-state index contributed by atoms with van der Waals surface area (Å²) in [5.74, 6) is 0. The van der Waals surface area contributed by atoms with Crippen LogP contribution in [0.15, 0.2) is 0 Å². The first-order valence-corrected chi connectivity index (χ1v) is 8.54. The van der Waals surface area contributed by atoms with Gasteiger partial charge in [-0.2, -0.15) is 0 Å². The quantitative estimate of drug-likeness (QED) is 0.464. The van der Waals surface area contributed by atoms with Gasteiger partial charge in [-0.3, -0.25) is 0 Å². The molecular formula is C16H40N4. The highest BCUT2D eigenvalue weighted by atomic mass is 14.9. The van der Waals surface area contributed by atoms with Gasteiger partial charge in [-0.25, -0.2) is 0 Å². The zero-order valence-corrected chi connectivity index (χ0v) is 14.5. The van der Waals surface area contributed by atoms with E-state index >= 15 is 0 Å². The summed E-state index contributed by atoms with van der Waals surface area (Å²) in [5, 5.41) is 12.7. The minimum atomic E-state index is 1.09. The normalized spacial score (nSPS) is 12.6. The van der Waals surface area contributed by atoms with E-state index in [0.717, 1.165) is 39.3 Å². The van der Waals surface area contributed by atoms with Crippen molar-refractivity contribution in [1.29, 1.82) is 0 Å². The topological polar surface area (TPSA) is 48.1 Å². The Hall–Kier alpha value is -0.160. The minimum Gasteiger partial charge on any atom is -0.320 e. The van der Waals surface area contributed by atoms with Gasteiger partial charge in [0.25, 0.3) is 0 Å². The summed E-state index contributed by atoms with van der Waals surface area (Å²) in [7, 11) is 3.96. The predicted molar refractivity (Wildman–Crippen MR) is 92.6 cm³/mol. The molecule has 0 atom stereocenters. The summed E-state index contributed by atoms with van der Waals surface area (Å²) in [5.41, 5.74) is 0. The molecule has 1 aliphatic rings. The molecule has 0 aromatic heterocycles. The van der Waals surface area contributed by atoms with Gasteiger partial charge in [0.2, 0.25) is 0 Å². The molecule has 0 aliphatic heterocycles. The molecule has 0 radical (unpaired) electrons. The van der Waals surface area contributed by atoms with E-state index in [1.165, 1.54) is 38.5 Å². The Morgan fingerprint density at radius 1 is 0.600 bits per heavy atom. The third-order valence-corrected chi connectivity index (χ3v) is 3.06. The summed E-state index contributed by atoms with van der Waals surface area (Å²) in [6, 6.07) is 0. The van der Waals surface area contributed by atoms with Crippen LogP contribution in [-0.4, -0.2) is 53.4 Å². The van der Waals surface area contributed by atoms with E-state index in [9.17, 15) is 0 Å². The van der Waals surface area contributed by atoms with E-state index < -0.39 is 0 Å². The maximum absolute atomic E-state index is 3.24. The molecule has 1 aliphatic carbocycles. The lowest BCUT2D eigenvalue weighted by atomic mass is 10.0. The molecule has 0 saturated heterocycles. The monoisotopic (exact) mass is 288 g/mol. The Kier molecular flexibility index (Phi) is 26.4. The molecule has 1 fully saturated rings. The molecule has 0 unspecified atom stereocenters. The van der Waals surface area contributed by atoms with Crippen molar-refractivity contribution >= 4 is 0 Å². The molecule has 1 rings (SSSR count). The molecule has 1 saturated carbocycles. The Bertz CT molecular complexity index is 110. The minimum absolute atomic E-state index is 1.09. The third kappa shape index (κ3) is 26.4. The third-order valence-electron chi connectivity index (χ3n) is 3.06. The van der Waals surface area contributed by atoms with E-state index in [1.54, 1.807) is 0 Å². The zero-order valence-electron chi connectivity index (χ0n) is 14.5. The molecule has 4 N–H and O–H groups in total. The summed E-state index contributed by atoms with van der Waals surface area (Å²) >= 11 is 0. The molecule has 4 heteroatoms. The van der Waals surface area contributed by atoms with Gasteiger partial charge in [0.15, 0.2) is 0 Å². The molecular weight excluding hydrogens is 248 g/mol. The molecule has 0 spiro atoms. The van der Waals surface area contributed by atoms with Crippen LogP contribution < -0.4 is 21.3 Å². The van der Waals surface area contributed by atoms with Crippen molar-refractivity contribution in [3.63, 3.8) is 0 Å². The highest BCUT2D eigenvalue weighted by Gasteiger charge is 1.95. The Balaban J connectivity index is 0. The zero-order chi connectivity index (χ0) is 15.3. The van der Waals surface area contributed by atoms with Crippen molar-refractivity contribution in [3.8, 4) is 0 Å². The van der Waals surface area contributed by atoms with Crippen molar-refractivity contribution in [1.82, 2.24) is 21.3 Å². The van der Waals surface area contributed by atoms with Crippen LogP contribution in [0, 0.1) is 0 Å². The lowest BCUT2D eigenvalue weighted by Crippen LogP contribution is -2.18. The average molecular weight is 289 g/mol. The van der Waals surface area contributed by atoms with E-state index in [-0.39, 0.29) is 0 Å². The van der Waals surface area contributed by atoms with Gasteiger partial charge in [-0.05, 0) is 66.2 Å². The Morgan fingerprint density at radius 3 is 1.15 bits per heavy atom. The van der Waals surface area contributed by atoms with Crippen molar-refractivity contribution in [2.45, 2.75) is 52.4 Å². The summed E-state index contributed by atoms with van der Waals surface area (Å²) in [6.45, 7) is 10.9. The van der Waals surface area contributed by atoms with Crippen molar-refractivity contribution in [2.24, 2.45) is 0 Å². The molecule has 0 bridgehead atoms. The van der Waals surface area contributed by atoms with Gasteiger partial charge in [0.1, 0.15) is 0 Å². The van der Waals surface area contributed by atoms with E-state index in [2.05, 4.69) is 35.1 Å². The van der Waals surface area contributed by atoms with Gasteiger partial charge in [0.05, 0.1) is 0 Å². The number of nitrogens with one attached hydrogen (secondary N) is 4. The fourth-order valence-corrected chi connectivity index (χ4v) is 1.38. The SMILES string of the molecule is C1CCC1.CCNCCCNC.CCNCCCNC. The summed E-state index contributed by atoms with van der Waals surface area (Å²) < 4.78 is 0. The van der Waals surface area contributed by atoms with E-state index in [0.29, 0.717) is 0 Å². The highest BCUT2D eigenvalue weighted by molar-refractivity contribution is 4.51. The van der Waals surface area contributed by atoms with E-state index in [4.69, 9.17) is 0 Å². The molecule has 0 aromatic rings. The Morgan fingerprint density at radius 2 is 0.950 bits per heavy atom. The fraction of sp³-hybridized carbons (Fsp3) is 1.00. The number of hydrogen-bond donors (Lipinski definition) is 4. The fourth-order valence-electron chi connectivity index (χ4n) is 1.38. The van der Waals surface area contributed by atoms with Crippen molar-refractivity contribution in [3.05, 3.63) is 0 Å². The van der Waals surface area contributed by atoms with Gasteiger partial charge in [-0.15, -0.1) is 0 Å². The van der Waals surface area contributed by atoms with Gasteiger partial charge >= 0.3 is 0 Å². The first kappa shape index (κ1) is 22.1. The highest BCUT2D eigenvalue weighted by Crippen LogP contribution is 2.15. The standard InChI is InChI=1S/2C6H16N2.C4H8/c2*1-3-8-6-4-5-7-2;1-2-4-3-1/h2*7-8H,3-6H2,1-2H3;1-4H2. The van der Waals surface area contributed by atoms with Gasteiger partial charge in [0, 0.05) is 0 Å². The predicted octanol–water partition coefficient (Wildman–Crippen LogP) is 1.97. The van der Waals surface area contributed by atoms with Gasteiger partial charge in [-0.1, -0.05) is 39.5 Å². The van der Waals surface area contributed by atoms with E-state index in [1.807, 2.05) is 14.1 Å². The summed E-state index contributed by atoms with van der Waals surface area (Å²) in [6.07, 6.45) is 8.45. The molecule has 0 aromatic carbocycles. The largest absolute Gasteiger partial charge is 0.320 e. The van der Waals surface area contributed by atoms with Gasteiger partial charge < -0.3 is 21.3 Å². The smallest absolute Gasteiger partial charge is 0.00369 e. The van der Waals surface area contributed by atoms with Crippen molar-refractivity contribution < 1.29 is 0 Å². The molecule has 0 amide bonds. The lowest BCUT2D eigenvalue weighted by Gasteiger charge is -2.05. The van der Waals surface area contributed by atoms with Crippen LogP contribution in [-0.2, 0) is 0 Å². The van der Waals surface area contributed by atoms with Crippen LogP contribution in [0.2, 0.25) is 0 Å². The van der Waals surface area contributed by atoms with Crippen LogP contribution >= 0.6 is 0 Å². The maximum atomic E-state index is 3.24. The first-order valence-electron chi connectivity index (χ1n) is 8.54. The molecule has 20 heavy (non-hydrogen) atoms. The van der Waals surface area contributed by atoms with Crippen LogP contribution in [0.4, 0.5) is 0 Å². The second-order valence-corrected chi connectivity index (χ2v) is 5.04. The maximum Gasteiger partial charge on any atom is -0.00369 e. The van der Waals surface area contributed by atoms with Crippen LogP contribution in [0.5, 0.6) is 0 Å². The second kappa shape index (κ2) is 23.9. The number of rotatable bonds is 10. The van der Waals surface area contributed by atoms with Crippen LogP contribution in [0.25, 0.3) is 0 Å². The molecule has 124 valence electrons. The van der Waals surface area contributed by atoms with Crippen LogP contribution in [0.1, 0.15) is 52.4 Å². The second-order valence-electron chi connectivity index (χ2n) is 5.04. The molecule has 0 heterocycles. The lowest BCUT2D eigenvalue weighted by molar-refractivity contribution is 0.504. The average Bonchev–Trinajstić information content (AvgIpc) is 2.39. The molecule has 4 nitrogen and oxygen atoms in total. The van der Waals surface area contributed by atoms with Crippen LogP contribution in [0.3, 0.4) is 0 Å². The number of hydrogen-bond acceptors (Lipinski definition) is 4. The van der Waals surface area contributed by atoms with Crippen molar-refractivity contribution in [2.75, 3.05) is 53.4 Å².